The Bertz CT molecular complexity index is 480. The molecule has 5 heteroatoms. The molecule has 0 aliphatic carbocycles. The van der Waals surface area contributed by atoms with E-state index in [2.05, 4.69) is 32.9 Å². The van der Waals surface area contributed by atoms with Gasteiger partial charge in [-0.2, -0.15) is 0 Å². The van der Waals surface area contributed by atoms with Gasteiger partial charge in [0.05, 0.1) is 11.6 Å². The molecule has 0 spiro atoms. The summed E-state index contributed by atoms with van der Waals surface area (Å²) < 4.78 is 6.47. The lowest BCUT2D eigenvalue weighted by atomic mass is 10.1. The van der Waals surface area contributed by atoms with Gasteiger partial charge in [-0.3, -0.25) is 0 Å². The molecular weight excluding hydrogens is 276 g/mol. The molecular formula is C10H9BrN2OS. The minimum absolute atomic E-state index is 0.288. The first-order valence-corrected chi connectivity index (χ1v) is 6.32. The molecule has 3 heterocycles. The van der Waals surface area contributed by atoms with E-state index in [1.807, 2.05) is 17.6 Å². The Morgan fingerprint density at radius 1 is 1.67 bits per heavy atom. The summed E-state index contributed by atoms with van der Waals surface area (Å²) in [6.07, 6.45) is 1.84. The fourth-order valence-corrected chi connectivity index (χ4v) is 3.09. The molecule has 1 atom stereocenters. The molecule has 0 N–H and O–H groups in total. The summed E-state index contributed by atoms with van der Waals surface area (Å²) in [5.74, 6) is 1.32. The molecule has 0 saturated carbocycles. The standard InChI is InChI=1S/C10H9BrN2OS/c1-13-5-6(10-12-2-3-15-10)9-7(13)4-8(11)14-9/h2-4,6H,5H2,1H3. The van der Waals surface area contributed by atoms with Crippen LogP contribution in [-0.2, 0) is 0 Å². The number of hydrogen-bond acceptors (Lipinski definition) is 4. The van der Waals surface area contributed by atoms with Crippen molar-refractivity contribution in [3.05, 3.63) is 33.1 Å². The highest BCUT2D eigenvalue weighted by Crippen LogP contribution is 2.43. The number of furan rings is 1. The fourth-order valence-electron chi connectivity index (χ4n) is 1.97. The Labute approximate surface area is 99.9 Å². The monoisotopic (exact) mass is 284 g/mol. The maximum absolute atomic E-state index is 5.67. The molecule has 15 heavy (non-hydrogen) atoms. The second-order valence-electron chi connectivity index (χ2n) is 3.60. The summed E-state index contributed by atoms with van der Waals surface area (Å²) >= 11 is 5.05. The van der Waals surface area contributed by atoms with Gasteiger partial charge in [-0.15, -0.1) is 11.3 Å². The van der Waals surface area contributed by atoms with Crippen molar-refractivity contribution in [3.63, 3.8) is 0 Å². The molecule has 78 valence electrons. The van der Waals surface area contributed by atoms with Crippen molar-refractivity contribution in [2.24, 2.45) is 0 Å². The fraction of sp³-hybridized carbons (Fsp3) is 0.300. The van der Waals surface area contributed by atoms with Crippen molar-refractivity contribution in [2.75, 3.05) is 18.5 Å². The summed E-state index contributed by atoms with van der Waals surface area (Å²) in [5.41, 5.74) is 1.17. The van der Waals surface area contributed by atoms with E-state index in [1.165, 1.54) is 5.69 Å². The molecule has 3 rings (SSSR count). The number of halogens is 1. The number of nitrogens with zero attached hydrogens (tertiary/aromatic N) is 2. The van der Waals surface area contributed by atoms with Crippen LogP contribution >= 0.6 is 27.3 Å². The van der Waals surface area contributed by atoms with Gasteiger partial charge in [0, 0.05) is 31.2 Å². The highest BCUT2D eigenvalue weighted by molar-refractivity contribution is 9.10. The van der Waals surface area contributed by atoms with E-state index in [0.717, 1.165) is 22.0 Å². The summed E-state index contributed by atoms with van der Waals surface area (Å²) in [7, 11) is 2.08. The molecule has 0 fully saturated rings. The average Bonchev–Trinajstić information content (AvgIpc) is 2.85. The Balaban J connectivity index is 2.08. The lowest BCUT2D eigenvalue weighted by Crippen LogP contribution is -2.15. The maximum atomic E-state index is 5.67. The zero-order valence-corrected chi connectivity index (χ0v) is 10.5. The average molecular weight is 285 g/mol. The van der Waals surface area contributed by atoms with Crippen LogP contribution in [0, 0.1) is 0 Å². The highest BCUT2D eigenvalue weighted by atomic mass is 79.9. The Kier molecular flexibility index (Phi) is 2.10. The lowest BCUT2D eigenvalue weighted by molar-refractivity contribution is 0.479. The van der Waals surface area contributed by atoms with Crippen LogP contribution in [0.4, 0.5) is 5.69 Å². The molecule has 2 aromatic rings. The Morgan fingerprint density at radius 3 is 3.27 bits per heavy atom. The largest absolute Gasteiger partial charge is 0.451 e. The minimum atomic E-state index is 0.288. The first-order chi connectivity index (χ1) is 7.25. The third-order valence-corrected chi connectivity index (χ3v) is 3.92. The van der Waals surface area contributed by atoms with Gasteiger partial charge >= 0.3 is 0 Å². The van der Waals surface area contributed by atoms with Crippen LogP contribution in [0.25, 0.3) is 0 Å². The first-order valence-electron chi connectivity index (χ1n) is 4.65. The number of fused-ring (bicyclic) bond motifs is 1. The first kappa shape index (κ1) is 9.42. The molecule has 0 bridgehead atoms. The van der Waals surface area contributed by atoms with Crippen LogP contribution in [0.3, 0.4) is 0 Å². The molecule has 0 radical (unpaired) electrons. The molecule has 0 amide bonds. The van der Waals surface area contributed by atoms with E-state index in [9.17, 15) is 0 Å². The number of rotatable bonds is 1. The van der Waals surface area contributed by atoms with Gasteiger partial charge in [-0.05, 0) is 15.9 Å². The van der Waals surface area contributed by atoms with Gasteiger partial charge in [0.2, 0.25) is 0 Å². The van der Waals surface area contributed by atoms with Crippen molar-refractivity contribution in [2.45, 2.75) is 5.92 Å². The summed E-state index contributed by atoms with van der Waals surface area (Å²) in [6, 6.07) is 2.02. The van der Waals surface area contributed by atoms with E-state index < -0.39 is 0 Å². The third-order valence-electron chi connectivity index (χ3n) is 2.64. The molecule has 2 aromatic heterocycles. The second kappa shape index (κ2) is 3.35. The topological polar surface area (TPSA) is 29.3 Å². The quantitative estimate of drug-likeness (QED) is 0.806. The molecule has 1 unspecified atom stereocenters. The van der Waals surface area contributed by atoms with Crippen LogP contribution in [0.5, 0.6) is 0 Å². The lowest BCUT2D eigenvalue weighted by Gasteiger charge is -2.10. The highest BCUT2D eigenvalue weighted by Gasteiger charge is 2.33. The van der Waals surface area contributed by atoms with Gasteiger partial charge < -0.3 is 9.32 Å². The maximum Gasteiger partial charge on any atom is 0.171 e. The van der Waals surface area contributed by atoms with E-state index in [1.54, 1.807) is 11.3 Å². The predicted octanol–water partition coefficient (Wildman–Crippen LogP) is 3.08. The summed E-state index contributed by atoms with van der Waals surface area (Å²) in [5, 5.41) is 3.13. The molecule has 3 nitrogen and oxygen atoms in total. The predicted molar refractivity (Wildman–Crippen MR) is 63.6 cm³/mol. The van der Waals surface area contributed by atoms with Gasteiger partial charge in [0.15, 0.2) is 4.67 Å². The summed E-state index contributed by atoms with van der Waals surface area (Å²) in [4.78, 5) is 6.56. The van der Waals surface area contributed by atoms with E-state index in [-0.39, 0.29) is 5.92 Å². The van der Waals surface area contributed by atoms with Crippen LogP contribution in [0.2, 0.25) is 0 Å². The number of anilines is 1. The molecule has 0 saturated heterocycles. The van der Waals surface area contributed by atoms with E-state index in [4.69, 9.17) is 4.42 Å². The van der Waals surface area contributed by atoms with Crippen molar-refractivity contribution in [3.8, 4) is 0 Å². The van der Waals surface area contributed by atoms with Gasteiger partial charge in [0.25, 0.3) is 0 Å². The smallest absolute Gasteiger partial charge is 0.171 e. The molecule has 1 aliphatic rings. The van der Waals surface area contributed by atoms with Crippen LogP contribution < -0.4 is 4.90 Å². The molecule has 1 aliphatic heterocycles. The number of thiazole rings is 1. The van der Waals surface area contributed by atoms with E-state index in [0.29, 0.717) is 0 Å². The van der Waals surface area contributed by atoms with Gasteiger partial charge in [0.1, 0.15) is 10.8 Å². The van der Waals surface area contributed by atoms with Crippen LogP contribution in [-0.4, -0.2) is 18.6 Å². The number of hydrogen-bond donors (Lipinski definition) is 0. The van der Waals surface area contributed by atoms with Crippen molar-refractivity contribution in [1.29, 1.82) is 0 Å². The minimum Gasteiger partial charge on any atom is -0.451 e. The zero-order chi connectivity index (χ0) is 10.4. The normalized spacial score (nSPS) is 19.6. The molecule has 0 aromatic carbocycles. The van der Waals surface area contributed by atoms with Crippen LogP contribution in [0.1, 0.15) is 16.7 Å². The van der Waals surface area contributed by atoms with Crippen LogP contribution in [0.15, 0.2) is 26.7 Å². The van der Waals surface area contributed by atoms with Crippen molar-refractivity contribution >= 4 is 33.0 Å². The Morgan fingerprint density at radius 2 is 2.53 bits per heavy atom. The Hall–Kier alpha value is -0.810. The van der Waals surface area contributed by atoms with Gasteiger partial charge in [-0.1, -0.05) is 0 Å². The third kappa shape index (κ3) is 1.41. The van der Waals surface area contributed by atoms with Gasteiger partial charge in [-0.25, -0.2) is 4.98 Å². The van der Waals surface area contributed by atoms with Crippen molar-refractivity contribution < 1.29 is 4.42 Å². The second-order valence-corrected chi connectivity index (χ2v) is 5.31. The SMILES string of the molecule is CN1CC(c2nccs2)c2oc(Br)cc21. The van der Waals surface area contributed by atoms with Crippen molar-refractivity contribution in [1.82, 2.24) is 4.98 Å². The summed E-state index contributed by atoms with van der Waals surface area (Å²) in [6.45, 7) is 0.953. The van der Waals surface area contributed by atoms with E-state index >= 15 is 0 Å². The number of aromatic nitrogens is 1. The number of likely N-dealkylation sites (N-methyl/N-ethyl adjacent to an activating group) is 1. The zero-order valence-electron chi connectivity index (χ0n) is 8.11.